The summed E-state index contributed by atoms with van der Waals surface area (Å²) in [6, 6.07) is 10.4. The van der Waals surface area contributed by atoms with E-state index in [0.29, 0.717) is 11.7 Å². The first-order chi connectivity index (χ1) is 8.70. The summed E-state index contributed by atoms with van der Waals surface area (Å²) in [4.78, 5) is 7.95. The molecule has 0 amide bonds. The highest BCUT2D eigenvalue weighted by molar-refractivity contribution is 7.09. The van der Waals surface area contributed by atoms with Gasteiger partial charge < -0.3 is 10.0 Å². The van der Waals surface area contributed by atoms with E-state index in [4.69, 9.17) is 5.11 Å². The van der Waals surface area contributed by atoms with Crippen LogP contribution in [0.2, 0.25) is 0 Å². The lowest BCUT2D eigenvalue weighted by Gasteiger charge is -2.26. The molecule has 0 saturated heterocycles. The van der Waals surface area contributed by atoms with Gasteiger partial charge in [0.2, 0.25) is 0 Å². The Morgan fingerprint density at radius 2 is 2.17 bits per heavy atom. The van der Waals surface area contributed by atoms with Gasteiger partial charge in [0.25, 0.3) is 0 Å². The average molecular weight is 262 g/mol. The molecular formula is C14H18N2OS. The number of aromatic nitrogens is 1. The highest BCUT2D eigenvalue weighted by Gasteiger charge is 2.12. The van der Waals surface area contributed by atoms with Crippen molar-refractivity contribution in [3.05, 3.63) is 46.3 Å². The largest absolute Gasteiger partial charge is 0.390 e. The third-order valence-electron chi connectivity index (χ3n) is 3.05. The first kappa shape index (κ1) is 13.1. The molecule has 3 nitrogen and oxygen atoms in total. The summed E-state index contributed by atoms with van der Waals surface area (Å²) in [7, 11) is 2.04. The van der Waals surface area contributed by atoms with Crippen LogP contribution >= 0.6 is 11.3 Å². The van der Waals surface area contributed by atoms with Gasteiger partial charge in [0.15, 0.2) is 0 Å². The number of aliphatic hydroxyl groups excluding tert-OH is 1. The quantitative estimate of drug-likeness (QED) is 0.900. The highest BCUT2D eigenvalue weighted by atomic mass is 32.1. The van der Waals surface area contributed by atoms with E-state index in [0.717, 1.165) is 12.2 Å². The second kappa shape index (κ2) is 5.98. The van der Waals surface area contributed by atoms with Crippen LogP contribution in [-0.4, -0.2) is 23.2 Å². The molecule has 2 aromatic heterocycles. The summed E-state index contributed by atoms with van der Waals surface area (Å²) in [5.74, 6) is 0.908. The summed E-state index contributed by atoms with van der Waals surface area (Å²) in [5, 5.41) is 11.2. The standard InChI is InChI=1S/C14H18N2OS/c1-11(9-13-6-4-8-18-13)16(2)14-7-3-5-12(10-17)15-14/h3-8,11,17H,9-10H2,1-2H3. The van der Waals surface area contributed by atoms with Gasteiger partial charge >= 0.3 is 0 Å². The molecule has 0 radical (unpaired) electrons. The summed E-state index contributed by atoms with van der Waals surface area (Å²) in [5.41, 5.74) is 0.711. The van der Waals surface area contributed by atoms with Crippen molar-refractivity contribution in [3.8, 4) is 0 Å². The molecule has 2 rings (SSSR count). The maximum atomic E-state index is 9.11. The summed E-state index contributed by atoms with van der Waals surface area (Å²) < 4.78 is 0. The molecule has 0 aliphatic heterocycles. The van der Waals surface area contributed by atoms with Gasteiger partial charge in [-0.25, -0.2) is 4.98 Å². The van der Waals surface area contributed by atoms with Crippen molar-refractivity contribution < 1.29 is 5.11 Å². The lowest BCUT2D eigenvalue weighted by Crippen LogP contribution is -2.31. The zero-order valence-corrected chi connectivity index (χ0v) is 11.5. The van der Waals surface area contributed by atoms with Crippen LogP contribution in [0.25, 0.3) is 0 Å². The van der Waals surface area contributed by atoms with Gasteiger partial charge in [0.05, 0.1) is 12.3 Å². The molecule has 2 heterocycles. The van der Waals surface area contributed by atoms with E-state index in [1.807, 2.05) is 25.2 Å². The Balaban J connectivity index is 2.07. The highest BCUT2D eigenvalue weighted by Crippen LogP contribution is 2.18. The summed E-state index contributed by atoms with van der Waals surface area (Å²) >= 11 is 1.78. The van der Waals surface area contributed by atoms with Crippen LogP contribution in [0.15, 0.2) is 35.7 Å². The molecule has 0 bridgehead atoms. The first-order valence-electron chi connectivity index (χ1n) is 6.02. The van der Waals surface area contributed by atoms with Crippen LogP contribution in [-0.2, 0) is 13.0 Å². The van der Waals surface area contributed by atoms with Crippen molar-refractivity contribution in [2.75, 3.05) is 11.9 Å². The van der Waals surface area contributed by atoms with E-state index in [9.17, 15) is 0 Å². The van der Waals surface area contributed by atoms with Crippen molar-refractivity contribution >= 4 is 17.2 Å². The fraction of sp³-hybridized carbons (Fsp3) is 0.357. The number of pyridine rings is 1. The lowest BCUT2D eigenvalue weighted by molar-refractivity contribution is 0.277. The van der Waals surface area contributed by atoms with Gasteiger partial charge in [0, 0.05) is 24.4 Å². The van der Waals surface area contributed by atoms with Crippen LogP contribution < -0.4 is 4.90 Å². The van der Waals surface area contributed by atoms with E-state index in [2.05, 4.69) is 34.3 Å². The SMILES string of the molecule is CC(Cc1cccs1)N(C)c1cccc(CO)n1. The first-order valence-corrected chi connectivity index (χ1v) is 6.90. The van der Waals surface area contributed by atoms with E-state index in [1.54, 1.807) is 11.3 Å². The number of likely N-dealkylation sites (N-methyl/N-ethyl adjacent to an activating group) is 1. The molecule has 0 aromatic carbocycles. The van der Waals surface area contributed by atoms with Crippen molar-refractivity contribution in [3.63, 3.8) is 0 Å². The number of aliphatic hydroxyl groups is 1. The fourth-order valence-electron chi connectivity index (χ4n) is 1.83. The Hall–Kier alpha value is -1.39. The molecular weight excluding hydrogens is 244 g/mol. The summed E-state index contributed by atoms with van der Waals surface area (Å²) in [6.45, 7) is 2.17. The lowest BCUT2D eigenvalue weighted by atomic mass is 10.2. The predicted octanol–water partition coefficient (Wildman–Crippen LogP) is 2.70. The van der Waals surface area contributed by atoms with Crippen LogP contribution in [0.3, 0.4) is 0 Å². The number of nitrogens with zero attached hydrogens (tertiary/aromatic N) is 2. The average Bonchev–Trinajstić information content (AvgIpc) is 2.90. The van der Waals surface area contributed by atoms with Gasteiger partial charge in [-0.15, -0.1) is 11.3 Å². The van der Waals surface area contributed by atoms with Crippen LogP contribution in [0.4, 0.5) is 5.82 Å². The molecule has 1 atom stereocenters. The number of rotatable bonds is 5. The minimum absolute atomic E-state index is 0.0129. The zero-order chi connectivity index (χ0) is 13.0. The van der Waals surface area contributed by atoms with Gasteiger partial charge in [-0.1, -0.05) is 12.1 Å². The summed E-state index contributed by atoms with van der Waals surface area (Å²) in [6.07, 6.45) is 1.01. The Labute approximate surface area is 112 Å². The maximum absolute atomic E-state index is 9.11. The molecule has 0 aliphatic rings. The smallest absolute Gasteiger partial charge is 0.128 e. The molecule has 0 fully saturated rings. The Morgan fingerprint density at radius 1 is 1.33 bits per heavy atom. The molecule has 0 saturated carbocycles. The third-order valence-corrected chi connectivity index (χ3v) is 3.95. The number of anilines is 1. The van der Waals surface area contributed by atoms with Gasteiger partial charge in [-0.2, -0.15) is 0 Å². The third kappa shape index (κ3) is 3.09. The molecule has 1 N–H and O–H groups in total. The molecule has 0 spiro atoms. The molecule has 96 valence electrons. The normalized spacial score (nSPS) is 12.4. The van der Waals surface area contributed by atoms with Crippen molar-refractivity contribution in [2.45, 2.75) is 26.0 Å². The minimum atomic E-state index is -0.0129. The predicted molar refractivity (Wildman–Crippen MR) is 76.0 cm³/mol. The van der Waals surface area contributed by atoms with Crippen molar-refractivity contribution in [2.24, 2.45) is 0 Å². The number of hydrogen-bond acceptors (Lipinski definition) is 4. The van der Waals surface area contributed by atoms with Gasteiger partial charge in [-0.3, -0.25) is 0 Å². The molecule has 18 heavy (non-hydrogen) atoms. The van der Waals surface area contributed by atoms with Gasteiger partial charge in [-0.05, 0) is 30.5 Å². The molecule has 4 heteroatoms. The molecule has 2 aromatic rings. The van der Waals surface area contributed by atoms with Crippen LogP contribution in [0.5, 0.6) is 0 Å². The Morgan fingerprint density at radius 3 is 2.83 bits per heavy atom. The van der Waals surface area contributed by atoms with Crippen molar-refractivity contribution in [1.29, 1.82) is 0 Å². The van der Waals surface area contributed by atoms with E-state index >= 15 is 0 Å². The second-order valence-electron chi connectivity index (χ2n) is 4.39. The Kier molecular flexibility index (Phi) is 4.33. The zero-order valence-electron chi connectivity index (χ0n) is 10.7. The van der Waals surface area contributed by atoms with Gasteiger partial charge in [0.1, 0.15) is 5.82 Å². The fourth-order valence-corrected chi connectivity index (χ4v) is 2.66. The van der Waals surface area contributed by atoms with Crippen LogP contribution in [0.1, 0.15) is 17.5 Å². The maximum Gasteiger partial charge on any atom is 0.128 e. The van der Waals surface area contributed by atoms with E-state index < -0.39 is 0 Å². The van der Waals surface area contributed by atoms with Crippen molar-refractivity contribution in [1.82, 2.24) is 4.98 Å². The molecule has 0 aliphatic carbocycles. The van der Waals surface area contributed by atoms with E-state index in [-0.39, 0.29) is 6.61 Å². The topological polar surface area (TPSA) is 36.4 Å². The Bertz CT molecular complexity index is 484. The second-order valence-corrected chi connectivity index (χ2v) is 5.42. The number of thiophene rings is 1. The van der Waals surface area contributed by atoms with Crippen LogP contribution in [0, 0.1) is 0 Å². The number of hydrogen-bond donors (Lipinski definition) is 1. The molecule has 1 unspecified atom stereocenters. The monoisotopic (exact) mass is 262 g/mol. The van der Waals surface area contributed by atoms with E-state index in [1.165, 1.54) is 4.88 Å². The minimum Gasteiger partial charge on any atom is -0.390 e.